The lowest BCUT2D eigenvalue weighted by atomic mass is 9.92. The van der Waals surface area contributed by atoms with Crippen molar-refractivity contribution in [2.24, 2.45) is 0 Å². The molecule has 20 rings (SSSR count). The summed E-state index contributed by atoms with van der Waals surface area (Å²) in [6.07, 6.45) is 0. The molecule has 0 N–H and O–H groups in total. The number of furan rings is 1. The zero-order chi connectivity index (χ0) is 66.5. The largest absolute Gasteiger partial charge is 0.456 e. The second-order valence-corrected chi connectivity index (χ2v) is 27.5. The average Bonchev–Trinajstić information content (AvgIpc) is 1.56. The van der Waals surface area contributed by atoms with E-state index in [1.807, 2.05) is 144 Å². The fourth-order valence-corrected chi connectivity index (χ4v) is 16.8. The summed E-state index contributed by atoms with van der Waals surface area (Å²) in [5, 5.41) is 13.8. The van der Waals surface area contributed by atoms with Gasteiger partial charge in [-0.25, -0.2) is 29.9 Å². The molecule has 0 amide bonds. The van der Waals surface area contributed by atoms with Gasteiger partial charge >= 0.3 is 0 Å². The van der Waals surface area contributed by atoms with Gasteiger partial charge in [-0.05, 0) is 160 Å². The summed E-state index contributed by atoms with van der Waals surface area (Å²) in [7, 11) is 0. The standard InChI is InChI=1S/C90H54N8OS2/c1-5-20-55(21-6-1)85-91-86(56-22-7-2-8-23-56)94-89(93-85)59-36-40-61(41-37-59)97(64-46-49-83-77(52-64)70-31-16-17-34-81(70)100-83)63-44-47-68-72(50-63)66-28-13-14-29-67(66)73-53-76-75-51-65(45-48-79(75)99-80(76)54-74(68)73)98(78-33-19-32-71-69-30-15-18-35-82(69)101-84(71)78)62-42-38-60(39-43-62)90-95-87(57-24-9-3-10-25-57)92-88(96-90)58-26-11-4-12-27-58/h1-54H. The molecule has 0 radical (unpaired) electrons. The Balaban J connectivity index is 0.720. The Bertz CT molecular complexity index is 6530. The summed E-state index contributed by atoms with van der Waals surface area (Å²) in [5.74, 6) is 3.68. The van der Waals surface area contributed by atoms with E-state index in [0.29, 0.717) is 34.9 Å². The van der Waals surface area contributed by atoms with E-state index >= 15 is 0 Å². The maximum absolute atomic E-state index is 7.01. The van der Waals surface area contributed by atoms with Crippen LogP contribution >= 0.6 is 22.7 Å². The maximum Gasteiger partial charge on any atom is 0.164 e. The Morgan fingerprint density at radius 1 is 0.208 bits per heavy atom. The second-order valence-electron chi connectivity index (χ2n) is 25.3. The molecule has 0 aliphatic carbocycles. The minimum absolute atomic E-state index is 0.598. The Hall–Kier alpha value is -13.1. The van der Waals surface area contributed by atoms with Crippen molar-refractivity contribution in [3.8, 4) is 68.3 Å². The highest BCUT2D eigenvalue weighted by molar-refractivity contribution is 7.26. The number of aromatic nitrogens is 6. The maximum atomic E-state index is 7.01. The second kappa shape index (κ2) is 23.9. The van der Waals surface area contributed by atoms with Crippen LogP contribution in [0.1, 0.15) is 0 Å². The van der Waals surface area contributed by atoms with Crippen molar-refractivity contribution in [1.82, 2.24) is 29.9 Å². The third-order valence-corrected chi connectivity index (χ3v) is 21.7. The summed E-state index contributed by atoms with van der Waals surface area (Å²) < 4.78 is 12.0. The summed E-state index contributed by atoms with van der Waals surface area (Å²) >= 11 is 3.65. The molecule has 0 unspecified atom stereocenters. The van der Waals surface area contributed by atoms with Gasteiger partial charge in [-0.1, -0.05) is 200 Å². The molecule has 0 aliphatic rings. The summed E-state index contributed by atoms with van der Waals surface area (Å²) in [6.45, 7) is 0. The molecule has 0 aliphatic heterocycles. The molecule has 0 bridgehead atoms. The molecule has 472 valence electrons. The van der Waals surface area contributed by atoms with Crippen LogP contribution < -0.4 is 9.80 Å². The number of thiophene rings is 2. The van der Waals surface area contributed by atoms with Crippen LogP contribution in [-0.2, 0) is 0 Å². The number of anilines is 6. The molecule has 0 saturated carbocycles. The topological polar surface area (TPSA) is 97.0 Å². The van der Waals surface area contributed by atoms with Crippen molar-refractivity contribution in [2.45, 2.75) is 0 Å². The predicted molar refractivity (Wildman–Crippen MR) is 421 cm³/mol. The Morgan fingerprint density at radius 2 is 0.564 bits per heavy atom. The molecule has 0 spiro atoms. The molecule has 15 aromatic carbocycles. The van der Waals surface area contributed by atoms with Crippen LogP contribution in [0, 0.1) is 0 Å². The van der Waals surface area contributed by atoms with Crippen molar-refractivity contribution < 1.29 is 4.42 Å². The number of hydrogen-bond donors (Lipinski definition) is 0. The molecule has 5 aromatic heterocycles. The van der Waals surface area contributed by atoms with Crippen molar-refractivity contribution in [3.05, 3.63) is 328 Å². The SMILES string of the molecule is c1ccc(-c2nc(-c3ccccc3)nc(-c3ccc(N(c4ccc5sc6ccccc6c5c4)c4ccc5c(c4)c4ccccc4c4cc6c(cc54)oc4ccc(N(c5ccc(-c7nc(-c8ccccc8)nc(-c8ccccc8)n7)cc5)c5cccc7c5sc5ccccc57)cc46)cc3)n2)cc1. The monoisotopic (exact) mass is 1330 g/mol. The summed E-state index contributed by atoms with van der Waals surface area (Å²) in [6, 6.07) is 116. The summed E-state index contributed by atoms with van der Waals surface area (Å²) in [4.78, 5) is 35.1. The van der Waals surface area contributed by atoms with Crippen molar-refractivity contribution in [2.75, 3.05) is 9.80 Å². The lowest BCUT2D eigenvalue weighted by molar-refractivity contribution is 0.669. The van der Waals surface area contributed by atoms with Crippen LogP contribution in [-0.4, -0.2) is 29.9 Å². The molecule has 0 fully saturated rings. The molecular weight excluding hydrogens is 1270 g/mol. The van der Waals surface area contributed by atoms with Gasteiger partial charge in [0.05, 0.1) is 10.4 Å². The first-order chi connectivity index (χ1) is 50.0. The zero-order valence-corrected chi connectivity index (χ0v) is 55.6. The van der Waals surface area contributed by atoms with E-state index in [0.717, 1.165) is 122 Å². The Kier molecular flexibility index (Phi) is 13.7. The van der Waals surface area contributed by atoms with Crippen LogP contribution in [0.2, 0.25) is 0 Å². The van der Waals surface area contributed by atoms with Gasteiger partial charge in [-0.15, -0.1) is 22.7 Å². The lowest BCUT2D eigenvalue weighted by Gasteiger charge is -2.26. The van der Waals surface area contributed by atoms with Gasteiger partial charge in [0, 0.05) is 108 Å². The minimum atomic E-state index is 0.598. The van der Waals surface area contributed by atoms with Crippen molar-refractivity contribution in [1.29, 1.82) is 0 Å². The number of hydrogen-bond acceptors (Lipinski definition) is 11. The van der Waals surface area contributed by atoms with E-state index in [1.165, 1.54) is 40.3 Å². The first-order valence-electron chi connectivity index (χ1n) is 33.6. The van der Waals surface area contributed by atoms with Crippen LogP contribution in [0.5, 0.6) is 0 Å². The van der Waals surface area contributed by atoms with Gasteiger partial charge in [0.1, 0.15) is 11.2 Å². The predicted octanol–water partition coefficient (Wildman–Crippen LogP) is 25.1. The third kappa shape index (κ3) is 10.1. The summed E-state index contributed by atoms with van der Waals surface area (Å²) in [5.41, 5.74) is 13.2. The molecule has 11 heteroatoms. The van der Waals surface area contributed by atoms with Crippen molar-refractivity contribution >= 4 is 151 Å². The van der Waals surface area contributed by atoms with Crippen LogP contribution in [0.15, 0.2) is 332 Å². The molecular formula is C90H54N8OS2. The fraction of sp³-hybridized carbons (Fsp3) is 0. The normalized spacial score (nSPS) is 11.8. The molecule has 5 heterocycles. The highest BCUT2D eigenvalue weighted by Crippen LogP contribution is 2.49. The number of fused-ring (bicyclic) bond motifs is 15. The lowest BCUT2D eigenvalue weighted by Crippen LogP contribution is -2.10. The van der Waals surface area contributed by atoms with E-state index in [4.69, 9.17) is 34.3 Å². The first kappa shape index (κ1) is 58.1. The zero-order valence-electron chi connectivity index (χ0n) is 54.0. The van der Waals surface area contributed by atoms with Gasteiger partial charge < -0.3 is 14.2 Å². The Morgan fingerprint density at radius 3 is 1.11 bits per heavy atom. The Labute approximate surface area is 587 Å². The van der Waals surface area contributed by atoms with E-state index < -0.39 is 0 Å². The molecule has 9 nitrogen and oxygen atoms in total. The first-order valence-corrected chi connectivity index (χ1v) is 35.3. The number of benzene rings is 15. The highest BCUT2D eigenvalue weighted by Gasteiger charge is 2.24. The number of rotatable bonds is 12. The van der Waals surface area contributed by atoms with Crippen molar-refractivity contribution in [3.63, 3.8) is 0 Å². The van der Waals surface area contributed by atoms with Gasteiger partial charge in [0.2, 0.25) is 0 Å². The van der Waals surface area contributed by atoms with E-state index in [1.54, 1.807) is 0 Å². The van der Waals surface area contributed by atoms with Crippen LogP contribution in [0.3, 0.4) is 0 Å². The van der Waals surface area contributed by atoms with E-state index in [-0.39, 0.29) is 0 Å². The van der Waals surface area contributed by atoms with Gasteiger partial charge in [0.15, 0.2) is 34.9 Å². The third-order valence-electron chi connectivity index (χ3n) is 19.3. The van der Waals surface area contributed by atoms with E-state index in [9.17, 15) is 0 Å². The average molecular weight is 1330 g/mol. The smallest absolute Gasteiger partial charge is 0.164 e. The fourth-order valence-electron chi connectivity index (χ4n) is 14.5. The minimum Gasteiger partial charge on any atom is -0.456 e. The quantitative estimate of drug-likeness (QED) is 0.111. The highest BCUT2D eigenvalue weighted by atomic mass is 32.1. The van der Waals surface area contributed by atoms with E-state index in [2.05, 4.69) is 216 Å². The van der Waals surface area contributed by atoms with Gasteiger partial charge in [0.25, 0.3) is 0 Å². The van der Waals surface area contributed by atoms with Crippen LogP contribution in [0.4, 0.5) is 34.1 Å². The van der Waals surface area contributed by atoms with Gasteiger partial charge in [-0.3, -0.25) is 0 Å². The molecule has 20 aromatic rings. The molecule has 101 heavy (non-hydrogen) atoms. The van der Waals surface area contributed by atoms with Gasteiger partial charge in [-0.2, -0.15) is 0 Å². The molecule has 0 saturated heterocycles. The molecule has 0 atom stereocenters. The number of nitrogens with zero attached hydrogens (tertiary/aromatic N) is 8. The van der Waals surface area contributed by atoms with Crippen LogP contribution in [0.25, 0.3) is 163 Å².